The van der Waals surface area contributed by atoms with Gasteiger partial charge in [-0.3, -0.25) is 0 Å². The third kappa shape index (κ3) is 4.88. The van der Waals surface area contributed by atoms with Gasteiger partial charge in [0.1, 0.15) is 6.61 Å². The second-order valence-corrected chi connectivity index (χ2v) is 5.19. The number of nitrogens with one attached hydrogen (secondary N) is 1. The van der Waals surface area contributed by atoms with Crippen LogP contribution in [0, 0.1) is 5.82 Å². The van der Waals surface area contributed by atoms with Gasteiger partial charge in [0.05, 0.1) is 0 Å². The molecule has 1 N–H and O–H groups in total. The second-order valence-electron chi connectivity index (χ2n) is 4.07. The zero-order chi connectivity index (χ0) is 12.8. The third-order valence-corrected chi connectivity index (χ3v) is 2.35. The predicted octanol–water partition coefficient (Wildman–Crippen LogP) is 3.61. The van der Waals surface area contributed by atoms with Crippen LogP contribution in [0.3, 0.4) is 0 Å². The highest BCUT2D eigenvalue weighted by molar-refractivity contribution is 9.11. The molecule has 0 unspecified atom stereocenters. The predicted molar refractivity (Wildman–Crippen MR) is 71.9 cm³/mol. The number of hydrogen-bond acceptors (Lipinski definition) is 2. The first-order chi connectivity index (χ1) is 8.00. The van der Waals surface area contributed by atoms with Gasteiger partial charge in [-0.25, -0.2) is 4.39 Å². The first-order valence-corrected chi connectivity index (χ1v) is 6.27. The number of para-hydroxylation sites is 1. The average molecular weight is 302 g/mol. The summed E-state index contributed by atoms with van der Waals surface area (Å²) >= 11 is 3.19. The highest BCUT2D eigenvalue weighted by Gasteiger charge is 2.10. The Balaban J connectivity index is 2.80. The Kier molecular flexibility index (Phi) is 5.65. The molecule has 0 fully saturated rings. The molecule has 0 bridgehead atoms. The highest BCUT2D eigenvalue weighted by Crippen LogP contribution is 2.23. The van der Waals surface area contributed by atoms with E-state index in [2.05, 4.69) is 27.8 Å². The van der Waals surface area contributed by atoms with E-state index in [1.807, 2.05) is 19.9 Å². The van der Waals surface area contributed by atoms with E-state index in [1.54, 1.807) is 6.07 Å². The summed E-state index contributed by atoms with van der Waals surface area (Å²) in [6.45, 7) is 8.58. The van der Waals surface area contributed by atoms with Crippen LogP contribution < -0.4 is 10.1 Å². The molecule has 94 valence electrons. The Bertz CT molecular complexity index is 393. The Labute approximate surface area is 110 Å². The minimum atomic E-state index is -0.346. The second kappa shape index (κ2) is 6.77. The van der Waals surface area contributed by atoms with Crippen LogP contribution in [0.15, 0.2) is 29.3 Å². The van der Waals surface area contributed by atoms with Gasteiger partial charge < -0.3 is 10.1 Å². The maximum Gasteiger partial charge on any atom is 0.165 e. The van der Waals surface area contributed by atoms with Gasteiger partial charge >= 0.3 is 0 Å². The molecule has 0 aliphatic heterocycles. The van der Waals surface area contributed by atoms with Gasteiger partial charge in [0.2, 0.25) is 0 Å². The van der Waals surface area contributed by atoms with Gasteiger partial charge in [-0.1, -0.05) is 48.5 Å². The van der Waals surface area contributed by atoms with E-state index >= 15 is 0 Å². The minimum Gasteiger partial charge on any atom is -0.485 e. The maximum absolute atomic E-state index is 13.6. The van der Waals surface area contributed by atoms with Gasteiger partial charge in [0.25, 0.3) is 0 Å². The van der Waals surface area contributed by atoms with E-state index in [9.17, 15) is 4.39 Å². The lowest BCUT2D eigenvalue weighted by Crippen LogP contribution is -2.22. The molecule has 0 spiro atoms. The smallest absolute Gasteiger partial charge is 0.165 e. The fourth-order valence-electron chi connectivity index (χ4n) is 1.32. The maximum atomic E-state index is 13.6. The molecule has 0 radical (unpaired) electrons. The van der Waals surface area contributed by atoms with Crippen molar-refractivity contribution in [2.24, 2.45) is 0 Å². The largest absolute Gasteiger partial charge is 0.485 e. The lowest BCUT2D eigenvalue weighted by Gasteiger charge is -2.14. The molecule has 1 rings (SSSR count). The number of ether oxygens (including phenoxy) is 1. The molecule has 0 aliphatic rings. The number of hydrogen-bond donors (Lipinski definition) is 1. The van der Waals surface area contributed by atoms with Gasteiger partial charge in [-0.2, -0.15) is 0 Å². The molecule has 0 saturated carbocycles. The van der Waals surface area contributed by atoms with Crippen molar-refractivity contribution in [3.63, 3.8) is 0 Å². The normalized spacial score (nSPS) is 10.6. The van der Waals surface area contributed by atoms with Crippen molar-refractivity contribution in [1.82, 2.24) is 5.32 Å². The van der Waals surface area contributed by atoms with Gasteiger partial charge in [-0.05, 0) is 6.07 Å². The monoisotopic (exact) mass is 301 g/mol. The van der Waals surface area contributed by atoms with Crippen molar-refractivity contribution in [2.75, 3.05) is 6.61 Å². The first-order valence-electron chi connectivity index (χ1n) is 5.47. The Hall–Kier alpha value is -0.870. The number of halogens is 2. The summed E-state index contributed by atoms with van der Waals surface area (Å²) in [6, 6.07) is 5.27. The molecule has 0 atom stereocenters. The van der Waals surface area contributed by atoms with Crippen molar-refractivity contribution in [3.05, 3.63) is 40.6 Å². The summed E-state index contributed by atoms with van der Waals surface area (Å²) in [6.07, 6.45) is 0. The van der Waals surface area contributed by atoms with E-state index in [-0.39, 0.29) is 12.4 Å². The zero-order valence-corrected chi connectivity index (χ0v) is 11.7. The molecule has 0 amide bonds. The van der Waals surface area contributed by atoms with E-state index in [0.717, 1.165) is 5.56 Å². The van der Waals surface area contributed by atoms with E-state index in [1.165, 1.54) is 6.07 Å². The van der Waals surface area contributed by atoms with Crippen LogP contribution in [0.2, 0.25) is 0 Å². The average Bonchev–Trinajstić information content (AvgIpc) is 2.24. The molecule has 17 heavy (non-hydrogen) atoms. The summed E-state index contributed by atoms with van der Waals surface area (Å²) in [5.74, 6) is -0.0527. The van der Waals surface area contributed by atoms with Crippen molar-refractivity contribution in [3.8, 4) is 5.75 Å². The van der Waals surface area contributed by atoms with Crippen LogP contribution in [-0.4, -0.2) is 12.6 Å². The molecule has 0 heterocycles. The number of benzene rings is 1. The van der Waals surface area contributed by atoms with Gasteiger partial charge in [-0.15, -0.1) is 0 Å². The molecule has 1 aromatic rings. The Morgan fingerprint density at radius 2 is 2.24 bits per heavy atom. The highest BCUT2D eigenvalue weighted by atomic mass is 79.9. The summed E-state index contributed by atoms with van der Waals surface area (Å²) in [7, 11) is 0. The summed E-state index contributed by atoms with van der Waals surface area (Å²) in [5.41, 5.74) is 0.812. The molecular formula is C13H17BrFNO. The quantitative estimate of drug-likeness (QED) is 0.867. The lowest BCUT2D eigenvalue weighted by atomic mass is 10.2. The van der Waals surface area contributed by atoms with E-state index in [4.69, 9.17) is 4.74 Å². The third-order valence-electron chi connectivity index (χ3n) is 2.12. The fraction of sp³-hybridized carbons (Fsp3) is 0.385. The fourth-order valence-corrected chi connectivity index (χ4v) is 1.43. The lowest BCUT2D eigenvalue weighted by molar-refractivity contribution is 0.334. The van der Waals surface area contributed by atoms with Crippen LogP contribution in [-0.2, 0) is 6.54 Å². The molecule has 0 aromatic heterocycles. The van der Waals surface area contributed by atoms with Crippen LogP contribution >= 0.6 is 15.9 Å². The van der Waals surface area contributed by atoms with E-state index < -0.39 is 0 Å². The number of rotatable bonds is 6. The summed E-state index contributed by atoms with van der Waals surface area (Å²) in [4.78, 5) is 0. The molecule has 0 saturated heterocycles. The van der Waals surface area contributed by atoms with Crippen molar-refractivity contribution in [2.45, 2.75) is 26.4 Å². The molecular weight excluding hydrogens is 285 g/mol. The molecule has 2 nitrogen and oxygen atoms in total. The zero-order valence-electron chi connectivity index (χ0n) is 10.1. The Morgan fingerprint density at radius 1 is 1.53 bits per heavy atom. The van der Waals surface area contributed by atoms with Crippen LogP contribution in [0.1, 0.15) is 19.4 Å². The molecule has 4 heteroatoms. The topological polar surface area (TPSA) is 21.3 Å². The standard InChI is InChI=1S/C13H17BrFNO/c1-9(2)16-7-11-5-4-6-12(15)13(11)17-8-10(3)14/h4-6,9,16H,3,7-8H2,1-2H3. The Morgan fingerprint density at radius 3 is 2.82 bits per heavy atom. The van der Waals surface area contributed by atoms with Gasteiger partial charge in [0.15, 0.2) is 11.6 Å². The molecule has 0 aliphatic carbocycles. The minimum absolute atomic E-state index is 0.260. The SMILES string of the molecule is C=C(Br)COc1c(F)cccc1CNC(C)C. The van der Waals surface area contributed by atoms with Gasteiger partial charge in [0, 0.05) is 22.6 Å². The van der Waals surface area contributed by atoms with E-state index in [0.29, 0.717) is 22.8 Å². The van der Waals surface area contributed by atoms with Crippen molar-refractivity contribution in [1.29, 1.82) is 0 Å². The summed E-state index contributed by atoms with van der Waals surface area (Å²) in [5, 5.41) is 3.24. The van der Waals surface area contributed by atoms with Crippen molar-refractivity contribution >= 4 is 15.9 Å². The van der Waals surface area contributed by atoms with Crippen LogP contribution in [0.25, 0.3) is 0 Å². The van der Waals surface area contributed by atoms with Crippen LogP contribution in [0.5, 0.6) is 5.75 Å². The van der Waals surface area contributed by atoms with Crippen molar-refractivity contribution < 1.29 is 9.13 Å². The molecule has 1 aromatic carbocycles. The van der Waals surface area contributed by atoms with Crippen LogP contribution in [0.4, 0.5) is 4.39 Å². The summed E-state index contributed by atoms with van der Waals surface area (Å²) < 4.78 is 19.7. The first kappa shape index (κ1) is 14.2.